The summed E-state index contributed by atoms with van der Waals surface area (Å²) in [6, 6.07) is 4.31. The molecular formula is C17H25NO3. The van der Waals surface area contributed by atoms with Crippen LogP contribution in [0.2, 0.25) is 0 Å². The second-order valence-corrected chi connectivity index (χ2v) is 5.95. The van der Waals surface area contributed by atoms with E-state index in [-0.39, 0.29) is 5.92 Å². The molecule has 4 nitrogen and oxygen atoms in total. The van der Waals surface area contributed by atoms with Gasteiger partial charge in [-0.3, -0.25) is 4.79 Å². The third-order valence-electron chi connectivity index (χ3n) is 4.49. The third-order valence-corrected chi connectivity index (χ3v) is 4.49. The summed E-state index contributed by atoms with van der Waals surface area (Å²) in [5, 5.41) is 9.02. The molecule has 0 aliphatic carbocycles. The maximum Gasteiger partial charge on any atom is 0.306 e. The molecule has 4 heteroatoms. The second kappa shape index (κ2) is 6.94. The zero-order chi connectivity index (χ0) is 15.4. The molecule has 0 unspecified atom stereocenters. The maximum absolute atomic E-state index is 11.0. The van der Waals surface area contributed by atoms with E-state index in [2.05, 4.69) is 30.9 Å². The maximum atomic E-state index is 11.0. The monoisotopic (exact) mass is 291 g/mol. The van der Waals surface area contributed by atoms with E-state index in [1.165, 1.54) is 16.7 Å². The minimum atomic E-state index is -0.642. The SMILES string of the molecule is COc1cc(C)c(CCN2CCC(C(=O)O)CC2)cc1C. The van der Waals surface area contributed by atoms with E-state index >= 15 is 0 Å². The number of hydrogen-bond donors (Lipinski definition) is 1. The van der Waals surface area contributed by atoms with Crippen molar-refractivity contribution >= 4 is 5.97 Å². The van der Waals surface area contributed by atoms with Crippen molar-refractivity contribution in [3.63, 3.8) is 0 Å². The molecule has 0 radical (unpaired) electrons. The van der Waals surface area contributed by atoms with Crippen molar-refractivity contribution in [3.05, 3.63) is 28.8 Å². The molecule has 1 saturated heterocycles. The van der Waals surface area contributed by atoms with Crippen LogP contribution in [0, 0.1) is 19.8 Å². The van der Waals surface area contributed by atoms with Crippen LogP contribution in [0.1, 0.15) is 29.5 Å². The molecule has 1 aliphatic rings. The summed E-state index contributed by atoms with van der Waals surface area (Å²) in [5.74, 6) is 0.154. The van der Waals surface area contributed by atoms with Crippen molar-refractivity contribution in [2.24, 2.45) is 5.92 Å². The average Bonchev–Trinajstić information content (AvgIpc) is 2.48. The van der Waals surface area contributed by atoms with E-state index < -0.39 is 5.97 Å². The molecule has 1 heterocycles. The van der Waals surface area contributed by atoms with Crippen LogP contribution in [-0.4, -0.2) is 42.7 Å². The number of carboxylic acid groups (broad SMARTS) is 1. The average molecular weight is 291 g/mol. The van der Waals surface area contributed by atoms with E-state index in [0.29, 0.717) is 0 Å². The predicted octanol–water partition coefficient (Wildman–Crippen LogP) is 2.65. The molecule has 0 amide bonds. The lowest BCUT2D eigenvalue weighted by Gasteiger charge is -2.30. The van der Waals surface area contributed by atoms with Crippen molar-refractivity contribution in [1.29, 1.82) is 0 Å². The van der Waals surface area contributed by atoms with Crippen LogP contribution < -0.4 is 4.74 Å². The molecule has 1 N–H and O–H groups in total. The fraction of sp³-hybridized carbons (Fsp3) is 0.588. The highest BCUT2D eigenvalue weighted by Crippen LogP contribution is 2.23. The molecule has 0 aromatic heterocycles. The number of piperidine rings is 1. The molecular weight excluding hydrogens is 266 g/mol. The van der Waals surface area contributed by atoms with Crippen LogP contribution in [0.25, 0.3) is 0 Å². The number of aryl methyl sites for hydroxylation is 2. The Labute approximate surface area is 126 Å². The Balaban J connectivity index is 1.89. The Morgan fingerprint density at radius 1 is 1.29 bits per heavy atom. The van der Waals surface area contributed by atoms with Gasteiger partial charge in [-0.15, -0.1) is 0 Å². The standard InChI is InChI=1S/C17H25NO3/c1-12-11-16(21-3)13(2)10-15(12)6-9-18-7-4-14(5-8-18)17(19)20/h10-11,14H,4-9H2,1-3H3,(H,19,20). The van der Waals surface area contributed by atoms with Gasteiger partial charge in [-0.25, -0.2) is 0 Å². The molecule has 2 rings (SSSR count). The Bertz CT molecular complexity index is 505. The summed E-state index contributed by atoms with van der Waals surface area (Å²) >= 11 is 0. The third kappa shape index (κ3) is 3.97. The van der Waals surface area contributed by atoms with Gasteiger partial charge in [-0.2, -0.15) is 0 Å². The van der Waals surface area contributed by atoms with E-state index in [9.17, 15) is 4.79 Å². The van der Waals surface area contributed by atoms with E-state index in [1.54, 1.807) is 7.11 Å². The Morgan fingerprint density at radius 3 is 2.52 bits per heavy atom. The van der Waals surface area contributed by atoms with Crippen LogP contribution in [0.15, 0.2) is 12.1 Å². The van der Waals surface area contributed by atoms with Crippen molar-refractivity contribution < 1.29 is 14.6 Å². The molecule has 116 valence electrons. The van der Waals surface area contributed by atoms with Gasteiger partial charge in [0, 0.05) is 6.54 Å². The smallest absolute Gasteiger partial charge is 0.306 e. The number of carbonyl (C=O) groups is 1. The number of aliphatic carboxylic acids is 1. The molecule has 0 spiro atoms. The van der Waals surface area contributed by atoms with Crippen LogP contribution in [0.5, 0.6) is 5.75 Å². The first-order chi connectivity index (χ1) is 10.0. The highest BCUT2D eigenvalue weighted by Gasteiger charge is 2.24. The van der Waals surface area contributed by atoms with Gasteiger partial charge in [-0.1, -0.05) is 6.07 Å². The van der Waals surface area contributed by atoms with Crippen LogP contribution >= 0.6 is 0 Å². The number of hydrogen-bond acceptors (Lipinski definition) is 3. The number of methoxy groups -OCH3 is 1. The number of ether oxygens (including phenoxy) is 1. The lowest BCUT2D eigenvalue weighted by Crippen LogP contribution is -2.37. The van der Waals surface area contributed by atoms with Crippen LogP contribution in [0.4, 0.5) is 0 Å². The largest absolute Gasteiger partial charge is 0.496 e. The normalized spacial score (nSPS) is 16.9. The van der Waals surface area contributed by atoms with E-state index in [4.69, 9.17) is 9.84 Å². The molecule has 1 aromatic rings. The first kappa shape index (κ1) is 15.8. The summed E-state index contributed by atoms with van der Waals surface area (Å²) in [5.41, 5.74) is 3.79. The Kier molecular flexibility index (Phi) is 5.23. The molecule has 0 bridgehead atoms. The molecule has 21 heavy (non-hydrogen) atoms. The molecule has 1 aliphatic heterocycles. The summed E-state index contributed by atoms with van der Waals surface area (Å²) in [6.45, 7) is 6.98. The Morgan fingerprint density at radius 2 is 1.95 bits per heavy atom. The lowest BCUT2D eigenvalue weighted by atomic mass is 9.96. The number of rotatable bonds is 5. The van der Waals surface area contributed by atoms with Crippen molar-refractivity contribution in [2.75, 3.05) is 26.7 Å². The highest BCUT2D eigenvalue weighted by atomic mass is 16.5. The molecule has 0 atom stereocenters. The predicted molar refractivity (Wildman–Crippen MR) is 83.0 cm³/mol. The summed E-state index contributed by atoms with van der Waals surface area (Å²) < 4.78 is 5.34. The molecule has 1 fully saturated rings. The van der Waals surface area contributed by atoms with E-state index in [0.717, 1.165) is 44.6 Å². The minimum absolute atomic E-state index is 0.147. The van der Waals surface area contributed by atoms with Crippen molar-refractivity contribution in [2.45, 2.75) is 33.1 Å². The zero-order valence-electron chi connectivity index (χ0n) is 13.2. The van der Waals surface area contributed by atoms with Gasteiger partial charge < -0.3 is 14.7 Å². The first-order valence-corrected chi connectivity index (χ1v) is 7.60. The number of nitrogens with zero attached hydrogens (tertiary/aromatic N) is 1. The van der Waals surface area contributed by atoms with E-state index in [1.807, 2.05) is 0 Å². The van der Waals surface area contributed by atoms with Gasteiger partial charge in [-0.05, 0) is 69.0 Å². The Hall–Kier alpha value is -1.55. The van der Waals surface area contributed by atoms with Gasteiger partial charge in [0.1, 0.15) is 5.75 Å². The van der Waals surface area contributed by atoms with Crippen LogP contribution in [-0.2, 0) is 11.2 Å². The number of benzene rings is 1. The summed E-state index contributed by atoms with van der Waals surface area (Å²) in [6.07, 6.45) is 2.56. The fourth-order valence-electron chi connectivity index (χ4n) is 3.02. The summed E-state index contributed by atoms with van der Waals surface area (Å²) in [7, 11) is 1.70. The van der Waals surface area contributed by atoms with Crippen LogP contribution in [0.3, 0.4) is 0 Å². The molecule has 0 saturated carbocycles. The number of likely N-dealkylation sites (tertiary alicyclic amines) is 1. The second-order valence-electron chi connectivity index (χ2n) is 5.95. The first-order valence-electron chi connectivity index (χ1n) is 7.60. The topological polar surface area (TPSA) is 49.8 Å². The van der Waals surface area contributed by atoms with Gasteiger partial charge in [0.05, 0.1) is 13.0 Å². The molecule has 1 aromatic carbocycles. The lowest BCUT2D eigenvalue weighted by molar-refractivity contribution is -0.143. The zero-order valence-corrected chi connectivity index (χ0v) is 13.2. The van der Waals surface area contributed by atoms with Gasteiger partial charge in [0.2, 0.25) is 0 Å². The van der Waals surface area contributed by atoms with Gasteiger partial charge >= 0.3 is 5.97 Å². The fourth-order valence-corrected chi connectivity index (χ4v) is 3.02. The van der Waals surface area contributed by atoms with Gasteiger partial charge in [0.15, 0.2) is 0 Å². The quantitative estimate of drug-likeness (QED) is 0.906. The number of carboxylic acids is 1. The highest BCUT2D eigenvalue weighted by molar-refractivity contribution is 5.70. The van der Waals surface area contributed by atoms with Gasteiger partial charge in [0.25, 0.3) is 0 Å². The van der Waals surface area contributed by atoms with Crippen molar-refractivity contribution in [3.8, 4) is 5.75 Å². The summed E-state index contributed by atoms with van der Waals surface area (Å²) in [4.78, 5) is 13.3. The van der Waals surface area contributed by atoms with Crippen molar-refractivity contribution in [1.82, 2.24) is 4.90 Å². The minimum Gasteiger partial charge on any atom is -0.496 e.